The van der Waals surface area contributed by atoms with E-state index in [1.807, 2.05) is 17.8 Å². The van der Waals surface area contributed by atoms with E-state index in [-0.39, 0.29) is 12.4 Å². The Kier molecular flexibility index (Phi) is 3.94. The summed E-state index contributed by atoms with van der Waals surface area (Å²) in [5.74, 6) is 1.28. The molecule has 1 heterocycles. The third-order valence-electron chi connectivity index (χ3n) is 2.75. The van der Waals surface area contributed by atoms with E-state index in [1.165, 1.54) is 12.1 Å². The first kappa shape index (κ1) is 12.6. The zero-order chi connectivity index (χ0) is 13.0. The number of benzene rings is 1. The molecule has 0 radical (unpaired) electrons. The summed E-state index contributed by atoms with van der Waals surface area (Å²) in [4.78, 5) is 4.20. The lowest BCUT2D eigenvalue weighted by Crippen LogP contribution is -2.08. The number of nitrogens with zero attached hydrogens (tertiary/aromatic N) is 2. The molecule has 0 atom stereocenters. The smallest absolute Gasteiger partial charge is 0.123 e. The van der Waals surface area contributed by atoms with Crippen LogP contribution in [0.5, 0.6) is 5.75 Å². The SMILES string of the molecule is Cn1ccnc1CCOc1ccc(F)cc1CN. The Morgan fingerprint density at radius 2 is 2.28 bits per heavy atom. The van der Waals surface area contributed by atoms with Gasteiger partial charge in [-0.25, -0.2) is 9.37 Å². The summed E-state index contributed by atoms with van der Waals surface area (Å²) in [6, 6.07) is 4.38. The van der Waals surface area contributed by atoms with Gasteiger partial charge in [-0.1, -0.05) is 0 Å². The Bertz CT molecular complexity index is 525. The second-order valence-electron chi connectivity index (χ2n) is 4.01. The molecule has 2 N–H and O–H groups in total. The van der Waals surface area contributed by atoms with E-state index >= 15 is 0 Å². The lowest BCUT2D eigenvalue weighted by atomic mass is 10.2. The molecule has 4 nitrogen and oxygen atoms in total. The average Bonchev–Trinajstić information content (AvgIpc) is 2.77. The summed E-state index contributed by atoms with van der Waals surface area (Å²) >= 11 is 0. The van der Waals surface area contributed by atoms with Gasteiger partial charge in [-0.3, -0.25) is 0 Å². The highest BCUT2D eigenvalue weighted by Gasteiger charge is 2.05. The molecule has 2 rings (SSSR count). The van der Waals surface area contributed by atoms with Gasteiger partial charge in [0, 0.05) is 38.0 Å². The minimum absolute atomic E-state index is 0.259. The van der Waals surface area contributed by atoms with Gasteiger partial charge in [0.2, 0.25) is 0 Å². The average molecular weight is 249 g/mol. The van der Waals surface area contributed by atoms with Crippen molar-refractivity contribution in [2.24, 2.45) is 12.8 Å². The molecule has 0 unspecified atom stereocenters. The van der Waals surface area contributed by atoms with E-state index in [1.54, 1.807) is 12.3 Å². The predicted molar refractivity (Wildman–Crippen MR) is 66.7 cm³/mol. The highest BCUT2D eigenvalue weighted by molar-refractivity contribution is 5.33. The molecule has 1 aromatic heterocycles. The first-order chi connectivity index (χ1) is 8.70. The van der Waals surface area contributed by atoms with Gasteiger partial charge in [0.1, 0.15) is 17.4 Å². The van der Waals surface area contributed by atoms with E-state index in [9.17, 15) is 4.39 Å². The van der Waals surface area contributed by atoms with Crippen LogP contribution in [-0.2, 0) is 20.0 Å². The number of aromatic nitrogens is 2. The van der Waals surface area contributed by atoms with Crippen molar-refractivity contribution in [3.05, 3.63) is 47.8 Å². The van der Waals surface area contributed by atoms with Crippen LogP contribution in [0.3, 0.4) is 0 Å². The Morgan fingerprint density at radius 3 is 2.94 bits per heavy atom. The van der Waals surface area contributed by atoms with E-state index in [4.69, 9.17) is 10.5 Å². The Balaban J connectivity index is 1.96. The van der Waals surface area contributed by atoms with Gasteiger partial charge in [0.15, 0.2) is 0 Å². The summed E-state index contributed by atoms with van der Waals surface area (Å²) in [6.07, 6.45) is 4.34. The van der Waals surface area contributed by atoms with E-state index < -0.39 is 0 Å². The normalized spacial score (nSPS) is 10.6. The molecule has 0 bridgehead atoms. The number of hydrogen-bond acceptors (Lipinski definition) is 3. The van der Waals surface area contributed by atoms with Crippen LogP contribution in [0.2, 0.25) is 0 Å². The molecule has 1 aromatic carbocycles. The maximum Gasteiger partial charge on any atom is 0.123 e. The van der Waals surface area contributed by atoms with Crippen molar-refractivity contribution in [2.45, 2.75) is 13.0 Å². The molecule has 0 fully saturated rings. The third-order valence-corrected chi connectivity index (χ3v) is 2.75. The quantitative estimate of drug-likeness (QED) is 0.876. The van der Waals surface area contributed by atoms with Crippen molar-refractivity contribution in [1.29, 1.82) is 0 Å². The molecule has 96 valence electrons. The van der Waals surface area contributed by atoms with Crippen molar-refractivity contribution in [3.8, 4) is 5.75 Å². The molecule has 0 aliphatic rings. The molecule has 0 aliphatic carbocycles. The lowest BCUT2D eigenvalue weighted by molar-refractivity contribution is 0.314. The Morgan fingerprint density at radius 1 is 1.44 bits per heavy atom. The third kappa shape index (κ3) is 2.87. The highest BCUT2D eigenvalue weighted by atomic mass is 19.1. The van der Waals surface area contributed by atoms with Crippen molar-refractivity contribution >= 4 is 0 Å². The van der Waals surface area contributed by atoms with E-state index in [0.717, 1.165) is 5.82 Å². The van der Waals surface area contributed by atoms with Crippen LogP contribution in [0.1, 0.15) is 11.4 Å². The highest BCUT2D eigenvalue weighted by Crippen LogP contribution is 2.19. The van der Waals surface area contributed by atoms with Crippen LogP contribution in [0.4, 0.5) is 4.39 Å². The molecule has 0 aliphatic heterocycles. The summed E-state index contributed by atoms with van der Waals surface area (Å²) in [7, 11) is 1.94. The zero-order valence-corrected chi connectivity index (χ0v) is 10.3. The molecule has 2 aromatic rings. The molecule has 5 heteroatoms. The number of imidazole rings is 1. The monoisotopic (exact) mass is 249 g/mol. The molecule has 18 heavy (non-hydrogen) atoms. The summed E-state index contributed by atoms with van der Waals surface area (Å²) in [5, 5.41) is 0. The molecular weight excluding hydrogens is 233 g/mol. The first-order valence-electron chi connectivity index (χ1n) is 5.78. The van der Waals surface area contributed by atoms with Crippen molar-refractivity contribution in [2.75, 3.05) is 6.61 Å². The largest absolute Gasteiger partial charge is 0.493 e. The van der Waals surface area contributed by atoms with Crippen molar-refractivity contribution in [1.82, 2.24) is 9.55 Å². The van der Waals surface area contributed by atoms with Gasteiger partial charge in [-0.2, -0.15) is 0 Å². The fourth-order valence-electron chi connectivity index (χ4n) is 1.74. The maximum absolute atomic E-state index is 13.0. The number of rotatable bonds is 5. The minimum Gasteiger partial charge on any atom is -0.493 e. The molecular formula is C13H16FN3O. The van der Waals surface area contributed by atoms with E-state index in [0.29, 0.717) is 24.3 Å². The summed E-state index contributed by atoms with van der Waals surface area (Å²) in [5.41, 5.74) is 6.22. The second-order valence-corrected chi connectivity index (χ2v) is 4.01. The molecule has 0 amide bonds. The number of nitrogens with two attached hydrogens (primary N) is 1. The summed E-state index contributed by atoms with van der Waals surface area (Å²) < 4.78 is 20.6. The van der Waals surface area contributed by atoms with Gasteiger partial charge in [0.25, 0.3) is 0 Å². The van der Waals surface area contributed by atoms with Crippen LogP contribution in [0, 0.1) is 5.82 Å². The molecule has 0 saturated carbocycles. The van der Waals surface area contributed by atoms with Gasteiger partial charge < -0.3 is 15.0 Å². The fourth-order valence-corrected chi connectivity index (χ4v) is 1.74. The van der Waals surface area contributed by atoms with Crippen LogP contribution in [0.25, 0.3) is 0 Å². The fraction of sp³-hybridized carbons (Fsp3) is 0.308. The number of aryl methyl sites for hydroxylation is 1. The Hall–Kier alpha value is -1.88. The van der Waals surface area contributed by atoms with Gasteiger partial charge in [0.05, 0.1) is 6.61 Å². The van der Waals surface area contributed by atoms with Crippen LogP contribution < -0.4 is 10.5 Å². The number of ether oxygens (including phenoxy) is 1. The van der Waals surface area contributed by atoms with E-state index in [2.05, 4.69) is 4.98 Å². The Labute approximate surface area is 105 Å². The van der Waals surface area contributed by atoms with Gasteiger partial charge >= 0.3 is 0 Å². The molecule has 0 saturated heterocycles. The van der Waals surface area contributed by atoms with Crippen molar-refractivity contribution < 1.29 is 9.13 Å². The maximum atomic E-state index is 13.0. The van der Waals surface area contributed by atoms with Crippen LogP contribution >= 0.6 is 0 Å². The number of halogens is 1. The van der Waals surface area contributed by atoms with Gasteiger partial charge in [-0.15, -0.1) is 0 Å². The van der Waals surface area contributed by atoms with Crippen LogP contribution in [-0.4, -0.2) is 16.2 Å². The standard InChI is InChI=1S/C13H16FN3O/c1-17-6-5-16-13(17)4-7-18-12-3-2-11(14)8-10(12)9-15/h2-3,5-6,8H,4,7,9,15H2,1H3. The topological polar surface area (TPSA) is 53.1 Å². The van der Waals surface area contributed by atoms with Crippen LogP contribution in [0.15, 0.2) is 30.6 Å². The van der Waals surface area contributed by atoms with Gasteiger partial charge in [-0.05, 0) is 18.2 Å². The predicted octanol–water partition coefficient (Wildman–Crippen LogP) is 1.64. The zero-order valence-electron chi connectivity index (χ0n) is 10.3. The summed E-state index contributed by atoms with van der Waals surface area (Å²) in [6.45, 7) is 0.749. The first-order valence-corrected chi connectivity index (χ1v) is 5.78. The molecule has 0 spiro atoms. The second kappa shape index (κ2) is 5.64. The minimum atomic E-state index is -0.299. The number of hydrogen-bond donors (Lipinski definition) is 1. The van der Waals surface area contributed by atoms with Crippen molar-refractivity contribution in [3.63, 3.8) is 0 Å². The lowest BCUT2D eigenvalue weighted by Gasteiger charge is -2.10.